The molecule has 2 aromatic rings. The molecule has 2 rings (SSSR count). The molecular weight excluding hydrogens is 305 g/mol. The highest BCUT2D eigenvalue weighted by molar-refractivity contribution is 6.42. The summed E-state index contributed by atoms with van der Waals surface area (Å²) in [6, 6.07) is 13.4. The molecule has 0 heterocycles. The molecule has 0 saturated carbocycles. The van der Waals surface area contributed by atoms with Crippen LogP contribution in [0.1, 0.15) is 16.7 Å². The summed E-state index contributed by atoms with van der Waals surface area (Å²) in [4.78, 5) is 2.17. The van der Waals surface area contributed by atoms with Gasteiger partial charge in [0.05, 0.1) is 10.0 Å². The average Bonchev–Trinajstić information content (AvgIpc) is 2.43. The number of halogens is 2. The first-order valence-electron chi connectivity index (χ1n) is 6.51. The Bertz CT molecular complexity index is 656. The summed E-state index contributed by atoms with van der Waals surface area (Å²) in [5.74, 6) is 0.0870. The van der Waals surface area contributed by atoms with Gasteiger partial charge in [-0.2, -0.15) is 0 Å². The van der Waals surface area contributed by atoms with Crippen molar-refractivity contribution in [1.82, 2.24) is 4.90 Å². The van der Waals surface area contributed by atoms with E-state index in [4.69, 9.17) is 34.3 Å². The maximum absolute atomic E-state index is 7.47. The van der Waals surface area contributed by atoms with E-state index in [1.165, 1.54) is 0 Å². The Hall–Kier alpha value is -1.55. The SMILES string of the molecule is CN(Cc1cccc(C(=N)N)c1)Cc1ccc(Cl)c(Cl)c1. The summed E-state index contributed by atoms with van der Waals surface area (Å²) in [7, 11) is 2.03. The number of nitrogens with one attached hydrogen (secondary N) is 1. The second kappa shape index (κ2) is 6.94. The van der Waals surface area contributed by atoms with Crippen molar-refractivity contribution in [2.24, 2.45) is 5.73 Å². The molecule has 0 fully saturated rings. The van der Waals surface area contributed by atoms with Gasteiger partial charge in [0.15, 0.2) is 0 Å². The van der Waals surface area contributed by atoms with Gasteiger partial charge in [-0.25, -0.2) is 0 Å². The van der Waals surface area contributed by atoms with Crippen LogP contribution in [0.25, 0.3) is 0 Å². The van der Waals surface area contributed by atoms with E-state index in [-0.39, 0.29) is 5.84 Å². The zero-order valence-electron chi connectivity index (χ0n) is 11.7. The number of rotatable bonds is 5. The molecule has 110 valence electrons. The Kier molecular flexibility index (Phi) is 5.23. The van der Waals surface area contributed by atoms with Crippen LogP contribution in [-0.4, -0.2) is 17.8 Å². The topological polar surface area (TPSA) is 53.1 Å². The van der Waals surface area contributed by atoms with Crippen molar-refractivity contribution in [2.45, 2.75) is 13.1 Å². The van der Waals surface area contributed by atoms with Gasteiger partial charge >= 0.3 is 0 Å². The van der Waals surface area contributed by atoms with E-state index in [0.717, 1.165) is 29.8 Å². The van der Waals surface area contributed by atoms with Crippen molar-refractivity contribution >= 4 is 29.0 Å². The summed E-state index contributed by atoms with van der Waals surface area (Å²) in [5.41, 5.74) is 8.48. The maximum Gasteiger partial charge on any atom is 0.122 e. The van der Waals surface area contributed by atoms with Crippen molar-refractivity contribution in [3.05, 3.63) is 69.2 Å². The Morgan fingerprint density at radius 3 is 2.33 bits per heavy atom. The van der Waals surface area contributed by atoms with E-state index in [0.29, 0.717) is 10.0 Å². The van der Waals surface area contributed by atoms with Crippen LogP contribution in [-0.2, 0) is 13.1 Å². The van der Waals surface area contributed by atoms with Gasteiger partial charge in [-0.3, -0.25) is 10.3 Å². The second-order valence-electron chi connectivity index (χ2n) is 5.03. The molecule has 0 unspecified atom stereocenters. The van der Waals surface area contributed by atoms with Crippen molar-refractivity contribution < 1.29 is 0 Å². The van der Waals surface area contributed by atoms with Crippen LogP contribution >= 0.6 is 23.2 Å². The largest absolute Gasteiger partial charge is 0.384 e. The lowest BCUT2D eigenvalue weighted by molar-refractivity contribution is 0.319. The van der Waals surface area contributed by atoms with Gasteiger partial charge in [0, 0.05) is 18.7 Å². The fourth-order valence-corrected chi connectivity index (χ4v) is 2.48. The molecule has 0 atom stereocenters. The minimum absolute atomic E-state index is 0.0870. The van der Waals surface area contributed by atoms with Gasteiger partial charge in [-0.15, -0.1) is 0 Å². The molecule has 0 bridgehead atoms. The Balaban J connectivity index is 2.04. The zero-order chi connectivity index (χ0) is 15.4. The monoisotopic (exact) mass is 321 g/mol. The Morgan fingerprint density at radius 2 is 1.71 bits per heavy atom. The molecule has 3 N–H and O–H groups in total. The van der Waals surface area contributed by atoms with Crippen LogP contribution in [0.3, 0.4) is 0 Å². The van der Waals surface area contributed by atoms with Gasteiger partial charge in [-0.1, -0.05) is 47.5 Å². The van der Waals surface area contributed by atoms with E-state index in [9.17, 15) is 0 Å². The molecule has 2 aromatic carbocycles. The third-order valence-corrected chi connectivity index (χ3v) is 3.87. The van der Waals surface area contributed by atoms with Crippen LogP contribution in [0.2, 0.25) is 10.0 Å². The Labute approximate surface area is 134 Å². The second-order valence-corrected chi connectivity index (χ2v) is 5.85. The van der Waals surface area contributed by atoms with E-state index < -0.39 is 0 Å². The van der Waals surface area contributed by atoms with Crippen molar-refractivity contribution in [3.63, 3.8) is 0 Å². The van der Waals surface area contributed by atoms with Crippen LogP contribution in [0, 0.1) is 5.41 Å². The summed E-state index contributed by atoms with van der Waals surface area (Å²) in [6.45, 7) is 1.53. The fourth-order valence-electron chi connectivity index (χ4n) is 2.15. The first kappa shape index (κ1) is 15.8. The average molecular weight is 322 g/mol. The van der Waals surface area contributed by atoms with Crippen molar-refractivity contribution in [1.29, 1.82) is 5.41 Å². The van der Waals surface area contributed by atoms with E-state index >= 15 is 0 Å². The highest BCUT2D eigenvalue weighted by atomic mass is 35.5. The third kappa shape index (κ3) is 4.46. The van der Waals surface area contributed by atoms with E-state index in [2.05, 4.69) is 4.90 Å². The van der Waals surface area contributed by atoms with Crippen LogP contribution < -0.4 is 5.73 Å². The maximum atomic E-state index is 7.47. The minimum atomic E-state index is 0.0870. The minimum Gasteiger partial charge on any atom is -0.384 e. The number of amidine groups is 1. The molecule has 0 aliphatic heterocycles. The Morgan fingerprint density at radius 1 is 1.05 bits per heavy atom. The fraction of sp³-hybridized carbons (Fsp3) is 0.188. The molecule has 0 aliphatic carbocycles. The number of nitrogen functional groups attached to an aromatic ring is 1. The lowest BCUT2D eigenvalue weighted by Gasteiger charge is -2.17. The van der Waals surface area contributed by atoms with E-state index in [1.54, 1.807) is 0 Å². The highest BCUT2D eigenvalue weighted by Crippen LogP contribution is 2.23. The lowest BCUT2D eigenvalue weighted by Crippen LogP contribution is -2.18. The summed E-state index contributed by atoms with van der Waals surface area (Å²) < 4.78 is 0. The highest BCUT2D eigenvalue weighted by Gasteiger charge is 2.05. The molecule has 0 aromatic heterocycles. The predicted octanol–water partition coefficient (Wildman–Crippen LogP) is 3.91. The molecule has 0 aliphatic rings. The molecule has 21 heavy (non-hydrogen) atoms. The van der Waals surface area contributed by atoms with Crippen LogP contribution in [0.15, 0.2) is 42.5 Å². The normalized spacial score (nSPS) is 10.9. The molecule has 0 spiro atoms. The number of nitrogens with two attached hydrogens (primary N) is 1. The van der Waals surface area contributed by atoms with Gasteiger partial charge in [0.1, 0.15) is 5.84 Å². The predicted molar refractivity (Wildman–Crippen MR) is 89.1 cm³/mol. The first-order valence-corrected chi connectivity index (χ1v) is 7.27. The summed E-state index contributed by atoms with van der Waals surface area (Å²) in [6.07, 6.45) is 0. The number of benzene rings is 2. The van der Waals surface area contributed by atoms with Crippen LogP contribution in [0.5, 0.6) is 0 Å². The standard InChI is InChI=1S/C16H17Cl2N3/c1-21(10-12-5-6-14(17)15(18)8-12)9-11-3-2-4-13(7-11)16(19)20/h2-8H,9-10H2,1H3,(H3,19,20). The van der Waals surface area contributed by atoms with Gasteiger partial charge in [-0.05, 0) is 36.4 Å². The number of hydrogen-bond acceptors (Lipinski definition) is 2. The number of nitrogens with zero attached hydrogens (tertiary/aromatic N) is 1. The molecule has 0 amide bonds. The lowest BCUT2D eigenvalue weighted by atomic mass is 10.1. The summed E-state index contributed by atoms with van der Waals surface area (Å²) >= 11 is 11.9. The zero-order valence-corrected chi connectivity index (χ0v) is 13.2. The quantitative estimate of drug-likeness (QED) is 0.648. The molecular formula is C16H17Cl2N3. The van der Waals surface area contributed by atoms with Gasteiger partial charge in [0.25, 0.3) is 0 Å². The number of hydrogen-bond donors (Lipinski definition) is 2. The molecule has 5 heteroatoms. The smallest absolute Gasteiger partial charge is 0.122 e. The molecule has 0 radical (unpaired) electrons. The summed E-state index contributed by atoms with van der Waals surface area (Å²) in [5, 5.41) is 8.61. The first-order chi connectivity index (χ1) is 9.95. The molecule has 3 nitrogen and oxygen atoms in total. The van der Waals surface area contributed by atoms with Crippen molar-refractivity contribution in [2.75, 3.05) is 7.05 Å². The van der Waals surface area contributed by atoms with E-state index in [1.807, 2.05) is 49.5 Å². The van der Waals surface area contributed by atoms with Crippen LogP contribution in [0.4, 0.5) is 0 Å². The molecule has 0 saturated heterocycles. The third-order valence-electron chi connectivity index (χ3n) is 3.13. The van der Waals surface area contributed by atoms with Gasteiger partial charge < -0.3 is 5.73 Å². The van der Waals surface area contributed by atoms with Crippen molar-refractivity contribution in [3.8, 4) is 0 Å². The van der Waals surface area contributed by atoms with Gasteiger partial charge in [0.2, 0.25) is 0 Å².